The summed E-state index contributed by atoms with van der Waals surface area (Å²) in [6, 6.07) is 8.11. The summed E-state index contributed by atoms with van der Waals surface area (Å²) in [4.78, 5) is 10.9. The fraction of sp³-hybridized carbons (Fsp3) is 0.250. The van der Waals surface area contributed by atoms with Crippen molar-refractivity contribution in [3.05, 3.63) is 53.9 Å². The first-order chi connectivity index (χ1) is 9.15. The van der Waals surface area contributed by atoms with Gasteiger partial charge in [-0.2, -0.15) is 0 Å². The summed E-state index contributed by atoms with van der Waals surface area (Å²) < 4.78 is 0. The Labute approximate surface area is 114 Å². The highest BCUT2D eigenvalue weighted by Gasteiger charge is 2.01. The van der Waals surface area contributed by atoms with Gasteiger partial charge in [0.05, 0.1) is 11.4 Å². The fourth-order valence-corrected chi connectivity index (χ4v) is 1.77. The van der Waals surface area contributed by atoms with Crippen LogP contribution in [0, 0.1) is 6.92 Å². The van der Waals surface area contributed by atoms with E-state index in [1.54, 1.807) is 0 Å². The van der Waals surface area contributed by atoms with Crippen molar-refractivity contribution in [2.24, 2.45) is 0 Å². The van der Waals surface area contributed by atoms with Crippen molar-refractivity contribution in [2.75, 3.05) is 20.6 Å². The van der Waals surface area contributed by atoms with Crippen LogP contribution in [-0.4, -0.2) is 35.5 Å². The van der Waals surface area contributed by atoms with Gasteiger partial charge in [-0.1, -0.05) is 12.2 Å². The zero-order valence-corrected chi connectivity index (χ0v) is 11.7. The number of rotatable bonds is 4. The SMILES string of the molecule is Cc1ccnc(-c2cc(/C=C\CN(C)C)ccn2)c1. The van der Waals surface area contributed by atoms with Crippen LogP contribution in [0.25, 0.3) is 17.5 Å². The topological polar surface area (TPSA) is 29.0 Å². The average Bonchev–Trinajstić information content (AvgIpc) is 2.39. The summed E-state index contributed by atoms with van der Waals surface area (Å²) >= 11 is 0. The summed E-state index contributed by atoms with van der Waals surface area (Å²) in [5, 5.41) is 0. The highest BCUT2D eigenvalue weighted by atomic mass is 15.0. The van der Waals surface area contributed by atoms with Crippen LogP contribution in [0.3, 0.4) is 0 Å². The molecule has 0 aliphatic rings. The summed E-state index contributed by atoms with van der Waals surface area (Å²) in [7, 11) is 4.11. The van der Waals surface area contributed by atoms with Gasteiger partial charge in [-0.15, -0.1) is 0 Å². The maximum Gasteiger partial charge on any atom is 0.0892 e. The number of hydrogen-bond donors (Lipinski definition) is 0. The molecule has 0 N–H and O–H groups in total. The van der Waals surface area contributed by atoms with Crippen molar-refractivity contribution in [1.29, 1.82) is 0 Å². The van der Waals surface area contributed by atoms with Crippen LogP contribution >= 0.6 is 0 Å². The van der Waals surface area contributed by atoms with E-state index in [1.807, 2.05) is 24.5 Å². The Morgan fingerprint density at radius 3 is 2.42 bits per heavy atom. The summed E-state index contributed by atoms with van der Waals surface area (Å²) in [5.74, 6) is 0. The van der Waals surface area contributed by atoms with E-state index in [0.717, 1.165) is 23.5 Å². The largest absolute Gasteiger partial charge is 0.306 e. The van der Waals surface area contributed by atoms with Gasteiger partial charge in [0.25, 0.3) is 0 Å². The third-order valence-electron chi connectivity index (χ3n) is 2.74. The zero-order valence-electron chi connectivity index (χ0n) is 11.7. The van der Waals surface area contributed by atoms with Gasteiger partial charge in [-0.05, 0) is 56.4 Å². The molecule has 19 heavy (non-hydrogen) atoms. The van der Waals surface area contributed by atoms with E-state index in [1.165, 1.54) is 5.56 Å². The van der Waals surface area contributed by atoms with Gasteiger partial charge in [-0.25, -0.2) is 0 Å². The highest BCUT2D eigenvalue weighted by Crippen LogP contribution is 2.16. The molecular formula is C16H19N3. The Kier molecular flexibility index (Phi) is 4.42. The molecule has 0 atom stereocenters. The van der Waals surface area contributed by atoms with E-state index >= 15 is 0 Å². The lowest BCUT2D eigenvalue weighted by atomic mass is 10.1. The Hall–Kier alpha value is -2.00. The lowest BCUT2D eigenvalue weighted by Crippen LogP contribution is -2.10. The normalized spacial score (nSPS) is 11.4. The monoisotopic (exact) mass is 253 g/mol. The molecule has 0 fully saturated rings. The Balaban J connectivity index is 2.22. The van der Waals surface area contributed by atoms with Gasteiger partial charge in [0.2, 0.25) is 0 Å². The van der Waals surface area contributed by atoms with E-state index in [4.69, 9.17) is 0 Å². The molecule has 0 spiro atoms. The van der Waals surface area contributed by atoms with Crippen molar-refractivity contribution >= 4 is 6.08 Å². The number of aryl methyl sites for hydroxylation is 1. The van der Waals surface area contributed by atoms with Crippen LogP contribution < -0.4 is 0 Å². The quantitative estimate of drug-likeness (QED) is 0.838. The molecular weight excluding hydrogens is 234 g/mol. The predicted molar refractivity (Wildman–Crippen MR) is 79.8 cm³/mol. The van der Waals surface area contributed by atoms with E-state index < -0.39 is 0 Å². The summed E-state index contributed by atoms with van der Waals surface area (Å²) in [5.41, 5.74) is 4.18. The second-order valence-electron chi connectivity index (χ2n) is 4.86. The molecule has 0 aliphatic heterocycles. The third kappa shape index (κ3) is 4.00. The molecule has 0 aliphatic carbocycles. The molecule has 2 rings (SSSR count). The van der Waals surface area contributed by atoms with E-state index in [0.29, 0.717) is 0 Å². The lowest BCUT2D eigenvalue weighted by Gasteiger charge is -2.04. The van der Waals surface area contributed by atoms with Crippen LogP contribution in [0.1, 0.15) is 11.1 Å². The van der Waals surface area contributed by atoms with Gasteiger partial charge >= 0.3 is 0 Å². The molecule has 0 amide bonds. The Morgan fingerprint density at radius 1 is 1.05 bits per heavy atom. The van der Waals surface area contributed by atoms with Crippen molar-refractivity contribution in [1.82, 2.24) is 14.9 Å². The van der Waals surface area contributed by atoms with Crippen LogP contribution in [0.5, 0.6) is 0 Å². The van der Waals surface area contributed by atoms with Crippen LogP contribution in [-0.2, 0) is 0 Å². The minimum absolute atomic E-state index is 0.913. The van der Waals surface area contributed by atoms with Gasteiger partial charge in [-0.3, -0.25) is 9.97 Å². The molecule has 0 saturated heterocycles. The van der Waals surface area contributed by atoms with Crippen molar-refractivity contribution in [2.45, 2.75) is 6.92 Å². The highest BCUT2D eigenvalue weighted by molar-refractivity contribution is 5.60. The van der Waals surface area contributed by atoms with Crippen LogP contribution in [0.15, 0.2) is 42.7 Å². The predicted octanol–water partition coefficient (Wildman–Crippen LogP) is 3.03. The number of nitrogens with zero attached hydrogens (tertiary/aromatic N) is 3. The third-order valence-corrected chi connectivity index (χ3v) is 2.74. The number of pyridine rings is 2. The Bertz CT molecular complexity index is 574. The molecule has 0 aromatic carbocycles. The number of likely N-dealkylation sites (N-methyl/N-ethyl adjacent to an activating group) is 1. The van der Waals surface area contributed by atoms with Gasteiger partial charge in [0, 0.05) is 18.9 Å². The van der Waals surface area contributed by atoms with Crippen LogP contribution in [0.4, 0.5) is 0 Å². The van der Waals surface area contributed by atoms with Gasteiger partial charge in [0.15, 0.2) is 0 Å². The molecule has 0 unspecified atom stereocenters. The molecule has 2 aromatic rings. The minimum atomic E-state index is 0.913. The first kappa shape index (κ1) is 13.4. The van der Waals surface area contributed by atoms with Crippen molar-refractivity contribution < 1.29 is 0 Å². The first-order valence-corrected chi connectivity index (χ1v) is 6.35. The summed E-state index contributed by atoms with van der Waals surface area (Å²) in [6.45, 7) is 2.99. The molecule has 0 radical (unpaired) electrons. The smallest absolute Gasteiger partial charge is 0.0892 e. The van der Waals surface area contributed by atoms with E-state index in [9.17, 15) is 0 Å². The standard InChI is InChI=1S/C16H19N3/c1-13-6-8-17-15(11-13)16-12-14(7-9-18-16)5-4-10-19(2)3/h4-9,11-12H,10H2,1-3H3/b5-4-. The lowest BCUT2D eigenvalue weighted by molar-refractivity contribution is 0.457. The molecule has 3 heteroatoms. The molecule has 2 aromatic heterocycles. The number of hydrogen-bond acceptors (Lipinski definition) is 3. The maximum atomic E-state index is 4.39. The average molecular weight is 253 g/mol. The molecule has 98 valence electrons. The second-order valence-corrected chi connectivity index (χ2v) is 4.86. The fourth-order valence-electron chi connectivity index (χ4n) is 1.77. The molecule has 3 nitrogen and oxygen atoms in total. The van der Waals surface area contributed by atoms with Gasteiger partial charge in [0.1, 0.15) is 0 Å². The summed E-state index contributed by atoms with van der Waals surface area (Å²) in [6.07, 6.45) is 7.90. The van der Waals surface area contributed by atoms with Crippen molar-refractivity contribution in [3.8, 4) is 11.4 Å². The molecule has 2 heterocycles. The van der Waals surface area contributed by atoms with Crippen LogP contribution in [0.2, 0.25) is 0 Å². The molecule has 0 saturated carbocycles. The first-order valence-electron chi connectivity index (χ1n) is 6.35. The van der Waals surface area contributed by atoms with Crippen molar-refractivity contribution in [3.63, 3.8) is 0 Å². The van der Waals surface area contributed by atoms with Gasteiger partial charge < -0.3 is 4.90 Å². The minimum Gasteiger partial charge on any atom is -0.306 e. The maximum absolute atomic E-state index is 4.39. The zero-order chi connectivity index (χ0) is 13.7. The Morgan fingerprint density at radius 2 is 1.74 bits per heavy atom. The van der Waals surface area contributed by atoms with E-state index in [-0.39, 0.29) is 0 Å². The second kappa shape index (κ2) is 6.25. The van der Waals surface area contributed by atoms with E-state index in [2.05, 4.69) is 60.2 Å². The number of aromatic nitrogens is 2. The molecule has 0 bridgehead atoms.